The van der Waals surface area contributed by atoms with E-state index in [1.54, 1.807) is 0 Å². The Bertz CT molecular complexity index is 678. The van der Waals surface area contributed by atoms with Gasteiger partial charge in [0.25, 0.3) is 0 Å². The molecule has 0 saturated heterocycles. The molecule has 0 atom stereocenters. The summed E-state index contributed by atoms with van der Waals surface area (Å²) in [6.45, 7) is 2.04. The number of nitrogens with zero attached hydrogens (tertiary/aromatic N) is 1. The molecule has 2 rings (SSSR count). The second-order valence-electron chi connectivity index (χ2n) is 4.59. The lowest BCUT2D eigenvalue weighted by Crippen LogP contribution is -2.14. The first-order valence-electron chi connectivity index (χ1n) is 6.77. The number of carbonyl (C=O) groups excluding carboxylic acids is 1. The Morgan fingerprint density at radius 2 is 1.86 bits per heavy atom. The van der Waals surface area contributed by atoms with E-state index in [-0.39, 0.29) is 5.91 Å². The van der Waals surface area contributed by atoms with E-state index in [0.29, 0.717) is 11.5 Å². The van der Waals surface area contributed by atoms with Crippen LogP contribution in [0.3, 0.4) is 0 Å². The molecule has 1 N–H and O–H groups in total. The van der Waals surface area contributed by atoms with Gasteiger partial charge in [-0.2, -0.15) is 5.26 Å². The molecular formula is C17H16N2OS2. The molecule has 0 aliphatic heterocycles. The first kappa shape index (κ1) is 16.5. The normalized spacial score (nSPS) is 10.0. The Balaban J connectivity index is 1.92. The highest BCUT2D eigenvalue weighted by molar-refractivity contribution is 8.00. The molecule has 3 nitrogen and oxygen atoms in total. The summed E-state index contributed by atoms with van der Waals surface area (Å²) in [4.78, 5) is 14.1. The van der Waals surface area contributed by atoms with Gasteiger partial charge in [-0.25, -0.2) is 0 Å². The van der Waals surface area contributed by atoms with Gasteiger partial charge in [0, 0.05) is 9.79 Å². The second kappa shape index (κ2) is 8.52. The van der Waals surface area contributed by atoms with E-state index in [0.717, 1.165) is 15.5 Å². The van der Waals surface area contributed by atoms with Crippen LogP contribution in [0.25, 0.3) is 0 Å². The molecule has 0 spiro atoms. The number of nitrogens with one attached hydrogen (secondary N) is 1. The monoisotopic (exact) mass is 328 g/mol. The predicted molar refractivity (Wildman–Crippen MR) is 93.3 cm³/mol. The SMILES string of the molecule is Cc1ccc(SCC(=O)Nc2ccccc2SCC#N)cc1. The lowest BCUT2D eigenvalue weighted by Gasteiger charge is -2.09. The first-order chi connectivity index (χ1) is 10.7. The predicted octanol–water partition coefficient (Wildman–Crippen LogP) is 4.34. The van der Waals surface area contributed by atoms with Crippen molar-refractivity contribution in [1.29, 1.82) is 5.26 Å². The van der Waals surface area contributed by atoms with Crippen LogP contribution in [0, 0.1) is 18.3 Å². The lowest BCUT2D eigenvalue weighted by molar-refractivity contribution is -0.113. The molecule has 0 radical (unpaired) electrons. The minimum Gasteiger partial charge on any atom is -0.324 e. The van der Waals surface area contributed by atoms with Gasteiger partial charge in [0.05, 0.1) is 23.3 Å². The van der Waals surface area contributed by atoms with Crippen LogP contribution in [0.15, 0.2) is 58.3 Å². The average Bonchev–Trinajstić information content (AvgIpc) is 2.53. The summed E-state index contributed by atoms with van der Waals surface area (Å²) in [5, 5.41) is 11.6. The molecule has 0 unspecified atom stereocenters. The minimum absolute atomic E-state index is 0.0458. The molecule has 0 bridgehead atoms. The third-order valence-corrected chi connectivity index (χ3v) is 4.80. The fourth-order valence-corrected chi connectivity index (χ4v) is 3.14. The molecule has 0 aromatic heterocycles. The van der Waals surface area contributed by atoms with Crippen molar-refractivity contribution in [2.24, 2.45) is 0 Å². The van der Waals surface area contributed by atoms with Crippen molar-refractivity contribution in [2.45, 2.75) is 16.7 Å². The third-order valence-electron chi connectivity index (χ3n) is 2.84. The minimum atomic E-state index is -0.0458. The van der Waals surface area contributed by atoms with Gasteiger partial charge in [-0.3, -0.25) is 4.79 Å². The van der Waals surface area contributed by atoms with Crippen molar-refractivity contribution in [2.75, 3.05) is 16.8 Å². The highest BCUT2D eigenvalue weighted by atomic mass is 32.2. The van der Waals surface area contributed by atoms with Crippen LogP contribution in [-0.4, -0.2) is 17.4 Å². The van der Waals surface area contributed by atoms with E-state index in [9.17, 15) is 4.79 Å². The Morgan fingerprint density at radius 3 is 2.59 bits per heavy atom. The van der Waals surface area contributed by atoms with Gasteiger partial charge < -0.3 is 5.32 Å². The van der Waals surface area contributed by atoms with Crippen LogP contribution in [0.5, 0.6) is 0 Å². The summed E-state index contributed by atoms with van der Waals surface area (Å²) >= 11 is 2.93. The van der Waals surface area contributed by atoms with E-state index in [2.05, 4.69) is 11.4 Å². The number of carbonyl (C=O) groups is 1. The summed E-state index contributed by atoms with van der Waals surface area (Å²) in [7, 11) is 0. The van der Waals surface area contributed by atoms with E-state index in [4.69, 9.17) is 5.26 Å². The summed E-state index contributed by atoms with van der Waals surface area (Å²) in [5.41, 5.74) is 1.97. The Hall–Kier alpha value is -1.90. The average molecular weight is 328 g/mol. The van der Waals surface area contributed by atoms with Crippen LogP contribution in [-0.2, 0) is 4.79 Å². The zero-order valence-corrected chi connectivity index (χ0v) is 13.8. The van der Waals surface area contributed by atoms with Crippen LogP contribution in [0.2, 0.25) is 0 Å². The maximum Gasteiger partial charge on any atom is 0.234 e. The van der Waals surface area contributed by atoms with Crippen LogP contribution < -0.4 is 5.32 Å². The van der Waals surface area contributed by atoms with Gasteiger partial charge >= 0.3 is 0 Å². The number of benzene rings is 2. The van der Waals surface area contributed by atoms with Crippen molar-refractivity contribution >= 4 is 35.1 Å². The molecule has 5 heteroatoms. The standard InChI is InChI=1S/C17H16N2OS2/c1-13-6-8-14(9-7-13)22-12-17(20)19-15-4-2-3-5-16(15)21-11-10-18/h2-9H,11-12H2,1H3,(H,19,20). The molecule has 2 aromatic rings. The van der Waals surface area contributed by atoms with Crippen molar-refractivity contribution in [3.63, 3.8) is 0 Å². The number of hydrogen-bond donors (Lipinski definition) is 1. The first-order valence-corrected chi connectivity index (χ1v) is 8.74. The van der Waals surface area contributed by atoms with Crippen LogP contribution >= 0.6 is 23.5 Å². The fraction of sp³-hybridized carbons (Fsp3) is 0.176. The van der Waals surface area contributed by atoms with Crippen molar-refractivity contribution < 1.29 is 4.79 Å². The number of aryl methyl sites for hydroxylation is 1. The van der Waals surface area contributed by atoms with Gasteiger partial charge in [0.2, 0.25) is 5.91 Å². The van der Waals surface area contributed by atoms with E-state index < -0.39 is 0 Å². The van der Waals surface area contributed by atoms with Crippen molar-refractivity contribution in [3.8, 4) is 6.07 Å². The highest BCUT2D eigenvalue weighted by Crippen LogP contribution is 2.27. The molecule has 112 valence electrons. The fourth-order valence-electron chi connectivity index (χ4n) is 1.78. The van der Waals surface area contributed by atoms with Crippen LogP contribution in [0.1, 0.15) is 5.56 Å². The van der Waals surface area contributed by atoms with Gasteiger partial charge in [-0.1, -0.05) is 29.8 Å². The smallest absolute Gasteiger partial charge is 0.234 e. The number of hydrogen-bond acceptors (Lipinski definition) is 4. The van der Waals surface area contributed by atoms with Gasteiger partial charge in [0.15, 0.2) is 0 Å². The van der Waals surface area contributed by atoms with Crippen molar-refractivity contribution in [1.82, 2.24) is 0 Å². The topological polar surface area (TPSA) is 52.9 Å². The molecular weight excluding hydrogens is 312 g/mol. The molecule has 0 aliphatic carbocycles. The largest absolute Gasteiger partial charge is 0.324 e. The number of nitriles is 1. The summed E-state index contributed by atoms with van der Waals surface area (Å²) in [6.07, 6.45) is 0. The molecule has 0 saturated carbocycles. The number of para-hydroxylation sites is 1. The third kappa shape index (κ3) is 5.14. The molecule has 0 fully saturated rings. The molecule has 0 heterocycles. The maximum absolute atomic E-state index is 12.1. The Morgan fingerprint density at radius 1 is 1.14 bits per heavy atom. The Labute approximate surface area is 139 Å². The summed E-state index contributed by atoms with van der Waals surface area (Å²) in [5.74, 6) is 0.682. The quantitative estimate of drug-likeness (QED) is 0.801. The van der Waals surface area contributed by atoms with Crippen LogP contribution in [0.4, 0.5) is 5.69 Å². The van der Waals surface area contributed by atoms with E-state index in [1.165, 1.54) is 29.1 Å². The molecule has 22 heavy (non-hydrogen) atoms. The van der Waals surface area contributed by atoms with E-state index in [1.807, 2.05) is 55.5 Å². The summed E-state index contributed by atoms with van der Waals surface area (Å²) < 4.78 is 0. The van der Waals surface area contributed by atoms with Gasteiger partial charge in [-0.15, -0.1) is 23.5 Å². The maximum atomic E-state index is 12.1. The zero-order valence-electron chi connectivity index (χ0n) is 12.2. The Kier molecular flexibility index (Phi) is 6.38. The number of rotatable bonds is 6. The zero-order chi connectivity index (χ0) is 15.8. The number of thioether (sulfide) groups is 2. The summed E-state index contributed by atoms with van der Waals surface area (Å²) in [6, 6.07) is 17.7. The van der Waals surface area contributed by atoms with E-state index >= 15 is 0 Å². The molecule has 1 amide bonds. The van der Waals surface area contributed by atoms with Crippen molar-refractivity contribution in [3.05, 3.63) is 54.1 Å². The molecule has 0 aliphatic rings. The van der Waals surface area contributed by atoms with Gasteiger partial charge in [-0.05, 0) is 31.2 Å². The number of anilines is 1. The molecule has 2 aromatic carbocycles. The number of amides is 1. The highest BCUT2D eigenvalue weighted by Gasteiger charge is 2.07. The lowest BCUT2D eigenvalue weighted by atomic mass is 10.2. The van der Waals surface area contributed by atoms with Gasteiger partial charge in [0.1, 0.15) is 0 Å². The second-order valence-corrected chi connectivity index (χ2v) is 6.66.